The molecule has 2 aromatic rings. The molecule has 0 bridgehead atoms. The molecule has 0 aliphatic heterocycles. The Labute approximate surface area is 123 Å². The summed E-state index contributed by atoms with van der Waals surface area (Å²) in [5, 5.41) is 12.3. The number of pyridine rings is 1. The average Bonchev–Trinajstić information content (AvgIpc) is 2.40. The Kier molecular flexibility index (Phi) is 3.85. The van der Waals surface area contributed by atoms with E-state index in [4.69, 9.17) is 28.8 Å². The molecule has 0 aliphatic rings. The van der Waals surface area contributed by atoms with Gasteiger partial charge in [-0.1, -0.05) is 11.6 Å². The van der Waals surface area contributed by atoms with Crippen molar-refractivity contribution < 1.29 is 4.92 Å². The molecule has 0 saturated heterocycles. The highest BCUT2D eigenvalue weighted by Crippen LogP contribution is 2.39. The van der Waals surface area contributed by atoms with Crippen LogP contribution in [0.2, 0.25) is 5.02 Å². The van der Waals surface area contributed by atoms with Gasteiger partial charge in [0.05, 0.1) is 9.95 Å². The fraction of sp³-hybridized carbons (Fsp3) is 0. The van der Waals surface area contributed by atoms with Crippen LogP contribution in [0.25, 0.3) is 10.8 Å². The van der Waals surface area contributed by atoms with Crippen LogP contribution in [0.1, 0.15) is 0 Å². The standard InChI is InChI=1S/C11H10ClN7O2/c12-7-3-8(19(20)21)9(17-11(15)18-10(13)14)6-4-16-2-1-5(6)7/h1-4H,(H6,13,14,15,17,18). The fourth-order valence-electron chi connectivity index (χ4n) is 1.72. The Hall–Kier alpha value is -2.94. The second kappa shape index (κ2) is 5.59. The van der Waals surface area contributed by atoms with Gasteiger partial charge >= 0.3 is 0 Å². The number of rotatable bonds is 2. The molecular weight excluding hydrogens is 298 g/mol. The Bertz CT molecular complexity index is 783. The Morgan fingerprint density at radius 3 is 2.67 bits per heavy atom. The maximum Gasteiger partial charge on any atom is 0.297 e. The molecule has 0 aliphatic carbocycles. The number of halogens is 1. The number of nitrogens with two attached hydrogens (primary N) is 3. The summed E-state index contributed by atoms with van der Waals surface area (Å²) in [4.78, 5) is 21.9. The van der Waals surface area contributed by atoms with Gasteiger partial charge in [-0.25, -0.2) is 4.99 Å². The lowest BCUT2D eigenvalue weighted by Gasteiger charge is -2.05. The monoisotopic (exact) mass is 307 g/mol. The maximum absolute atomic E-state index is 11.2. The molecule has 1 aromatic heterocycles. The van der Waals surface area contributed by atoms with E-state index in [-0.39, 0.29) is 28.3 Å². The highest BCUT2D eigenvalue weighted by atomic mass is 35.5. The largest absolute Gasteiger partial charge is 0.370 e. The second-order valence-electron chi connectivity index (χ2n) is 3.91. The number of aromatic nitrogens is 1. The SMILES string of the molecule is NC(N)=NC(N)=Nc1c([N+](=O)[O-])cc(Cl)c2ccncc12. The summed E-state index contributed by atoms with van der Waals surface area (Å²) in [6.45, 7) is 0. The van der Waals surface area contributed by atoms with Crippen LogP contribution in [-0.4, -0.2) is 21.8 Å². The zero-order chi connectivity index (χ0) is 15.6. The molecule has 10 heteroatoms. The molecule has 1 aromatic carbocycles. The van der Waals surface area contributed by atoms with Gasteiger partial charge in [0.25, 0.3) is 5.69 Å². The van der Waals surface area contributed by atoms with E-state index in [1.165, 1.54) is 18.5 Å². The van der Waals surface area contributed by atoms with E-state index < -0.39 is 4.92 Å². The van der Waals surface area contributed by atoms with Gasteiger partial charge in [0.1, 0.15) is 0 Å². The minimum absolute atomic E-state index is 0.0185. The number of fused-ring (bicyclic) bond motifs is 1. The first-order valence-corrected chi connectivity index (χ1v) is 5.92. The summed E-state index contributed by atoms with van der Waals surface area (Å²) in [7, 11) is 0. The second-order valence-corrected chi connectivity index (χ2v) is 4.32. The minimum atomic E-state index is -0.625. The van der Waals surface area contributed by atoms with E-state index in [0.29, 0.717) is 10.8 Å². The predicted molar refractivity (Wildman–Crippen MR) is 80.5 cm³/mol. The summed E-state index contributed by atoms with van der Waals surface area (Å²) in [6, 6.07) is 2.79. The Morgan fingerprint density at radius 1 is 1.33 bits per heavy atom. The lowest BCUT2D eigenvalue weighted by molar-refractivity contribution is -0.383. The lowest BCUT2D eigenvalue weighted by atomic mass is 10.1. The van der Waals surface area contributed by atoms with Crippen molar-refractivity contribution in [2.45, 2.75) is 0 Å². The van der Waals surface area contributed by atoms with Crippen LogP contribution in [0, 0.1) is 10.1 Å². The molecule has 6 N–H and O–H groups in total. The molecule has 0 atom stereocenters. The molecule has 1 heterocycles. The van der Waals surface area contributed by atoms with E-state index in [1.807, 2.05) is 0 Å². The first kappa shape index (κ1) is 14.5. The maximum atomic E-state index is 11.2. The summed E-state index contributed by atoms with van der Waals surface area (Å²) in [6.07, 6.45) is 2.91. The first-order chi connectivity index (χ1) is 9.90. The minimum Gasteiger partial charge on any atom is -0.370 e. The van der Waals surface area contributed by atoms with Gasteiger partial charge in [0.15, 0.2) is 11.6 Å². The van der Waals surface area contributed by atoms with Crippen LogP contribution in [0.4, 0.5) is 11.4 Å². The van der Waals surface area contributed by atoms with Crippen molar-refractivity contribution in [3.8, 4) is 0 Å². The Morgan fingerprint density at radius 2 is 2.05 bits per heavy atom. The van der Waals surface area contributed by atoms with Crippen LogP contribution in [0.5, 0.6) is 0 Å². The number of nitro groups is 1. The van der Waals surface area contributed by atoms with Crippen LogP contribution in [0.3, 0.4) is 0 Å². The van der Waals surface area contributed by atoms with Gasteiger partial charge in [0.2, 0.25) is 5.96 Å². The smallest absolute Gasteiger partial charge is 0.297 e. The summed E-state index contributed by atoms with van der Waals surface area (Å²) in [5.41, 5.74) is 15.6. The van der Waals surface area contributed by atoms with E-state index in [0.717, 1.165) is 0 Å². The fourth-order valence-corrected chi connectivity index (χ4v) is 1.99. The molecule has 0 radical (unpaired) electrons. The highest BCUT2D eigenvalue weighted by Gasteiger charge is 2.20. The van der Waals surface area contributed by atoms with Crippen molar-refractivity contribution in [1.29, 1.82) is 0 Å². The molecule has 0 fully saturated rings. The van der Waals surface area contributed by atoms with Gasteiger partial charge in [-0.05, 0) is 6.07 Å². The van der Waals surface area contributed by atoms with E-state index in [9.17, 15) is 10.1 Å². The van der Waals surface area contributed by atoms with Gasteiger partial charge in [-0.2, -0.15) is 4.99 Å². The normalized spacial score (nSPS) is 11.4. The number of nitro benzene ring substituents is 1. The van der Waals surface area contributed by atoms with Crippen molar-refractivity contribution in [1.82, 2.24) is 4.98 Å². The van der Waals surface area contributed by atoms with Gasteiger partial charge in [-0.15, -0.1) is 0 Å². The molecular formula is C11H10ClN7O2. The van der Waals surface area contributed by atoms with Crippen LogP contribution in [0.15, 0.2) is 34.5 Å². The van der Waals surface area contributed by atoms with Crippen LogP contribution >= 0.6 is 11.6 Å². The number of guanidine groups is 2. The molecule has 0 unspecified atom stereocenters. The first-order valence-electron chi connectivity index (χ1n) is 5.54. The van der Waals surface area contributed by atoms with Crippen LogP contribution < -0.4 is 17.2 Å². The number of nitrogens with zero attached hydrogens (tertiary/aromatic N) is 4. The summed E-state index contributed by atoms with van der Waals surface area (Å²) < 4.78 is 0. The number of benzene rings is 1. The summed E-state index contributed by atoms with van der Waals surface area (Å²) >= 11 is 6.02. The molecule has 2 rings (SSSR count). The molecule has 108 valence electrons. The third-order valence-electron chi connectivity index (χ3n) is 2.51. The molecule has 9 nitrogen and oxygen atoms in total. The Balaban J connectivity index is 2.81. The van der Waals surface area contributed by atoms with Crippen molar-refractivity contribution in [3.05, 3.63) is 39.7 Å². The molecule has 0 amide bonds. The number of aliphatic imine (C=N–C) groups is 2. The quantitative estimate of drug-likeness (QED) is 0.325. The third kappa shape index (κ3) is 2.98. The predicted octanol–water partition coefficient (Wildman–Crippen LogP) is 1.02. The van der Waals surface area contributed by atoms with Gasteiger partial charge in [-0.3, -0.25) is 15.1 Å². The number of hydrogen-bond donors (Lipinski definition) is 3. The van der Waals surface area contributed by atoms with Gasteiger partial charge < -0.3 is 17.2 Å². The molecule has 0 saturated carbocycles. The van der Waals surface area contributed by atoms with E-state index in [1.54, 1.807) is 6.07 Å². The van der Waals surface area contributed by atoms with E-state index >= 15 is 0 Å². The van der Waals surface area contributed by atoms with Crippen molar-refractivity contribution in [3.63, 3.8) is 0 Å². The zero-order valence-electron chi connectivity index (χ0n) is 10.5. The van der Waals surface area contributed by atoms with E-state index in [2.05, 4.69) is 15.0 Å². The topological polar surface area (TPSA) is 159 Å². The number of hydrogen-bond acceptors (Lipinski definition) is 4. The zero-order valence-corrected chi connectivity index (χ0v) is 11.3. The molecule has 0 spiro atoms. The average molecular weight is 308 g/mol. The molecule has 21 heavy (non-hydrogen) atoms. The van der Waals surface area contributed by atoms with Crippen molar-refractivity contribution in [2.75, 3.05) is 0 Å². The summed E-state index contributed by atoms with van der Waals surface area (Å²) in [5.74, 6) is -0.624. The third-order valence-corrected chi connectivity index (χ3v) is 2.82. The van der Waals surface area contributed by atoms with Crippen molar-refractivity contribution >= 4 is 45.7 Å². The lowest BCUT2D eigenvalue weighted by Crippen LogP contribution is -2.26. The van der Waals surface area contributed by atoms with Gasteiger partial charge in [0, 0.05) is 29.2 Å². The highest BCUT2D eigenvalue weighted by molar-refractivity contribution is 6.36. The van der Waals surface area contributed by atoms with Crippen LogP contribution in [-0.2, 0) is 0 Å². The van der Waals surface area contributed by atoms with Crippen molar-refractivity contribution in [2.24, 2.45) is 27.2 Å².